The molecule has 2 aliphatic rings. The molecule has 2 amide bonds. The first-order chi connectivity index (χ1) is 10.4. The molecule has 128 valence electrons. The van der Waals surface area contributed by atoms with Gasteiger partial charge in [0, 0.05) is 46.3 Å². The normalized spacial score (nSPS) is 25.1. The Labute approximate surface area is 133 Å². The number of sulfone groups is 1. The first kappa shape index (κ1) is 17.5. The number of amides is 2. The molecule has 2 aliphatic heterocycles. The summed E-state index contributed by atoms with van der Waals surface area (Å²) >= 11 is 0. The third-order valence-corrected chi connectivity index (χ3v) is 6.00. The number of urea groups is 1. The average molecular weight is 333 g/mol. The first-order valence-corrected chi connectivity index (χ1v) is 9.69. The van der Waals surface area contributed by atoms with Crippen molar-refractivity contribution in [3.05, 3.63) is 0 Å². The Morgan fingerprint density at radius 2 is 1.95 bits per heavy atom. The van der Waals surface area contributed by atoms with Gasteiger partial charge in [-0.25, -0.2) is 13.2 Å². The fourth-order valence-electron chi connectivity index (χ4n) is 3.00. The molecule has 0 aromatic carbocycles. The third kappa shape index (κ3) is 4.82. The van der Waals surface area contributed by atoms with Gasteiger partial charge in [-0.05, 0) is 12.8 Å². The van der Waals surface area contributed by atoms with E-state index in [1.807, 2.05) is 0 Å². The van der Waals surface area contributed by atoms with Crippen molar-refractivity contribution >= 4 is 15.9 Å². The molecule has 0 N–H and O–H groups in total. The zero-order chi connectivity index (χ0) is 16.2. The highest BCUT2D eigenvalue weighted by atomic mass is 32.2. The van der Waals surface area contributed by atoms with Gasteiger partial charge in [0.25, 0.3) is 0 Å². The molecule has 0 aliphatic carbocycles. The van der Waals surface area contributed by atoms with Crippen molar-refractivity contribution in [2.24, 2.45) is 0 Å². The fourth-order valence-corrected chi connectivity index (χ4v) is 4.73. The van der Waals surface area contributed by atoms with E-state index in [0.29, 0.717) is 13.0 Å². The monoisotopic (exact) mass is 333 g/mol. The van der Waals surface area contributed by atoms with Gasteiger partial charge in [0.15, 0.2) is 9.84 Å². The van der Waals surface area contributed by atoms with Gasteiger partial charge in [-0.2, -0.15) is 0 Å². The van der Waals surface area contributed by atoms with Crippen molar-refractivity contribution in [2.75, 3.05) is 65.0 Å². The lowest BCUT2D eigenvalue weighted by molar-refractivity contribution is 0.0359. The Balaban J connectivity index is 1.89. The van der Waals surface area contributed by atoms with Crippen LogP contribution in [0.5, 0.6) is 0 Å². The second-order valence-corrected chi connectivity index (χ2v) is 8.46. The van der Waals surface area contributed by atoms with Crippen molar-refractivity contribution in [3.8, 4) is 0 Å². The van der Waals surface area contributed by atoms with Crippen LogP contribution in [0.15, 0.2) is 0 Å². The summed E-state index contributed by atoms with van der Waals surface area (Å²) in [5, 5.41) is 0. The van der Waals surface area contributed by atoms with E-state index in [0.717, 1.165) is 39.3 Å². The van der Waals surface area contributed by atoms with Crippen LogP contribution in [0.1, 0.15) is 12.8 Å². The van der Waals surface area contributed by atoms with Crippen molar-refractivity contribution < 1.29 is 17.9 Å². The molecule has 0 saturated carbocycles. The van der Waals surface area contributed by atoms with Crippen LogP contribution in [0.2, 0.25) is 0 Å². The summed E-state index contributed by atoms with van der Waals surface area (Å²) in [5.74, 6) is 0.294. The van der Waals surface area contributed by atoms with E-state index in [1.54, 1.807) is 19.0 Å². The Bertz CT molecular complexity index is 474. The zero-order valence-electron chi connectivity index (χ0n) is 13.5. The minimum Gasteiger partial charge on any atom is -0.379 e. The molecule has 1 atom stereocenters. The molecule has 22 heavy (non-hydrogen) atoms. The van der Waals surface area contributed by atoms with Crippen LogP contribution < -0.4 is 0 Å². The van der Waals surface area contributed by atoms with E-state index < -0.39 is 9.84 Å². The van der Waals surface area contributed by atoms with E-state index in [-0.39, 0.29) is 23.6 Å². The zero-order valence-corrected chi connectivity index (χ0v) is 14.3. The molecular formula is C14H27N3O4S. The second kappa shape index (κ2) is 7.61. The summed E-state index contributed by atoms with van der Waals surface area (Å²) in [6, 6.07) is -0.270. The van der Waals surface area contributed by atoms with Gasteiger partial charge in [0.05, 0.1) is 24.7 Å². The van der Waals surface area contributed by atoms with Gasteiger partial charge in [0.2, 0.25) is 0 Å². The molecule has 8 heteroatoms. The molecule has 0 bridgehead atoms. The van der Waals surface area contributed by atoms with Crippen LogP contribution in [0.25, 0.3) is 0 Å². The first-order valence-electron chi connectivity index (χ1n) is 7.87. The van der Waals surface area contributed by atoms with Gasteiger partial charge in [-0.15, -0.1) is 0 Å². The maximum atomic E-state index is 12.3. The summed E-state index contributed by atoms with van der Waals surface area (Å²) in [4.78, 5) is 17.9. The van der Waals surface area contributed by atoms with Crippen molar-refractivity contribution in [1.82, 2.24) is 14.7 Å². The molecule has 0 unspecified atom stereocenters. The van der Waals surface area contributed by atoms with E-state index in [9.17, 15) is 13.2 Å². The molecule has 0 radical (unpaired) electrons. The summed E-state index contributed by atoms with van der Waals surface area (Å²) in [5.41, 5.74) is 0. The molecule has 2 heterocycles. The number of hydrogen-bond donors (Lipinski definition) is 0. The quantitative estimate of drug-likeness (QED) is 0.701. The minimum absolute atomic E-state index is 0.0934. The topological polar surface area (TPSA) is 70.2 Å². The fraction of sp³-hybridized carbons (Fsp3) is 0.929. The molecule has 2 rings (SSSR count). The van der Waals surface area contributed by atoms with E-state index in [2.05, 4.69) is 4.90 Å². The molecule has 2 fully saturated rings. The second-order valence-electron chi connectivity index (χ2n) is 6.23. The SMILES string of the molecule is CN(C)C(=O)N(CCCN1CCOCC1)[C@H]1CCS(=O)(=O)C1. The van der Waals surface area contributed by atoms with Crippen molar-refractivity contribution in [2.45, 2.75) is 18.9 Å². The largest absolute Gasteiger partial charge is 0.379 e. The van der Waals surface area contributed by atoms with Gasteiger partial charge >= 0.3 is 6.03 Å². The summed E-state index contributed by atoms with van der Waals surface area (Å²) < 4.78 is 28.7. The number of nitrogens with zero attached hydrogens (tertiary/aromatic N) is 3. The number of morpholine rings is 1. The highest BCUT2D eigenvalue weighted by molar-refractivity contribution is 7.91. The van der Waals surface area contributed by atoms with Gasteiger partial charge < -0.3 is 14.5 Å². The van der Waals surface area contributed by atoms with Crippen LogP contribution in [0.3, 0.4) is 0 Å². The summed E-state index contributed by atoms with van der Waals surface area (Å²) in [6.07, 6.45) is 1.41. The van der Waals surface area contributed by atoms with Gasteiger partial charge in [0.1, 0.15) is 0 Å². The molecule has 0 aromatic rings. The Morgan fingerprint density at radius 1 is 1.27 bits per heavy atom. The van der Waals surface area contributed by atoms with Crippen LogP contribution in [-0.4, -0.2) is 100 Å². The summed E-state index contributed by atoms with van der Waals surface area (Å²) in [6.45, 7) is 4.91. The number of carbonyl (C=O) groups excluding carboxylic acids is 1. The highest BCUT2D eigenvalue weighted by Crippen LogP contribution is 2.19. The third-order valence-electron chi connectivity index (χ3n) is 4.25. The lowest BCUT2D eigenvalue weighted by atomic mass is 10.2. The molecule has 0 spiro atoms. The predicted octanol–water partition coefficient (Wildman–Crippen LogP) is -0.121. The Hall–Kier alpha value is -0.860. The number of hydrogen-bond acceptors (Lipinski definition) is 5. The number of carbonyl (C=O) groups is 1. The van der Waals surface area contributed by atoms with Crippen LogP contribution in [0.4, 0.5) is 4.79 Å². The average Bonchev–Trinajstić information content (AvgIpc) is 2.84. The maximum absolute atomic E-state index is 12.3. The lowest BCUT2D eigenvalue weighted by Gasteiger charge is -2.32. The predicted molar refractivity (Wildman–Crippen MR) is 84.7 cm³/mol. The van der Waals surface area contributed by atoms with E-state index >= 15 is 0 Å². The van der Waals surface area contributed by atoms with Gasteiger partial charge in [-0.1, -0.05) is 0 Å². The maximum Gasteiger partial charge on any atom is 0.319 e. The van der Waals surface area contributed by atoms with Crippen LogP contribution in [-0.2, 0) is 14.6 Å². The molecule has 0 aromatic heterocycles. The molecule has 7 nitrogen and oxygen atoms in total. The minimum atomic E-state index is -2.98. The van der Waals surface area contributed by atoms with Gasteiger partial charge in [-0.3, -0.25) is 4.90 Å². The van der Waals surface area contributed by atoms with Crippen LogP contribution in [0, 0.1) is 0 Å². The highest BCUT2D eigenvalue weighted by Gasteiger charge is 2.35. The molecule has 2 saturated heterocycles. The molecular weight excluding hydrogens is 306 g/mol. The number of rotatable bonds is 5. The smallest absolute Gasteiger partial charge is 0.319 e. The van der Waals surface area contributed by atoms with Crippen molar-refractivity contribution in [3.63, 3.8) is 0 Å². The Morgan fingerprint density at radius 3 is 2.50 bits per heavy atom. The number of ether oxygens (including phenoxy) is 1. The van der Waals surface area contributed by atoms with E-state index in [4.69, 9.17) is 4.74 Å². The van der Waals surface area contributed by atoms with Crippen molar-refractivity contribution in [1.29, 1.82) is 0 Å². The van der Waals surface area contributed by atoms with Crippen LogP contribution >= 0.6 is 0 Å². The van der Waals surface area contributed by atoms with E-state index in [1.165, 1.54) is 4.90 Å². The lowest BCUT2D eigenvalue weighted by Crippen LogP contribution is -2.47. The summed E-state index contributed by atoms with van der Waals surface area (Å²) in [7, 11) is 0.434. The Kier molecular flexibility index (Phi) is 6.05. The standard InChI is InChI=1S/C14H27N3O4S/c1-15(2)14(18)17(13-4-11-22(19,20)12-13)6-3-5-16-7-9-21-10-8-16/h13H,3-12H2,1-2H3/t13-/m0/s1.